The summed E-state index contributed by atoms with van der Waals surface area (Å²) in [6.45, 7) is 4.67. The van der Waals surface area contributed by atoms with E-state index in [0.717, 1.165) is 18.4 Å². The van der Waals surface area contributed by atoms with Crippen molar-refractivity contribution in [3.8, 4) is 5.75 Å². The Morgan fingerprint density at radius 3 is 2.51 bits per heavy atom. The zero-order valence-corrected chi connectivity index (χ0v) is 25.4. The molecule has 6 rings (SSSR count). The van der Waals surface area contributed by atoms with Crippen molar-refractivity contribution in [1.82, 2.24) is 25.7 Å². The van der Waals surface area contributed by atoms with Crippen molar-refractivity contribution in [2.45, 2.75) is 70.1 Å². The SMILES string of the molecule is Cc1cc(C(=O)N[C@@H](C)[C@H](Oc2ccc(C(=O)N[C@H]3CCCN(C(=O)[C@H]4COC(=O)C4)C3)nc2)c2ccc(C3CC3)cc2)on1. The van der Waals surface area contributed by atoms with Crippen molar-refractivity contribution >= 4 is 23.7 Å². The lowest BCUT2D eigenvalue weighted by Crippen LogP contribution is -2.51. The number of aryl methyl sites for hydroxylation is 1. The van der Waals surface area contributed by atoms with Crippen molar-refractivity contribution in [3.05, 3.63) is 76.9 Å². The summed E-state index contributed by atoms with van der Waals surface area (Å²) in [5.74, 6) is -0.513. The Hall–Kier alpha value is -4.74. The third-order valence-electron chi connectivity index (χ3n) is 8.49. The molecule has 4 heterocycles. The van der Waals surface area contributed by atoms with E-state index in [1.807, 2.05) is 19.1 Å². The summed E-state index contributed by atoms with van der Waals surface area (Å²) in [6, 6.07) is 12.4. The Labute approximate surface area is 260 Å². The van der Waals surface area contributed by atoms with Gasteiger partial charge in [0.2, 0.25) is 11.7 Å². The second kappa shape index (κ2) is 13.1. The largest absolute Gasteiger partial charge is 0.482 e. The molecule has 12 heteroatoms. The molecule has 236 valence electrons. The highest BCUT2D eigenvalue weighted by Gasteiger charge is 2.35. The molecule has 12 nitrogen and oxygen atoms in total. The molecule has 1 aliphatic carbocycles. The zero-order chi connectivity index (χ0) is 31.5. The van der Waals surface area contributed by atoms with Gasteiger partial charge in [-0.3, -0.25) is 19.2 Å². The molecule has 3 aromatic rings. The number of carbonyl (C=O) groups excluding carboxylic acids is 4. The van der Waals surface area contributed by atoms with Crippen LogP contribution in [0.4, 0.5) is 0 Å². The second-order valence-electron chi connectivity index (χ2n) is 12.1. The number of carbonyl (C=O) groups is 4. The van der Waals surface area contributed by atoms with Crippen molar-refractivity contribution in [1.29, 1.82) is 0 Å². The summed E-state index contributed by atoms with van der Waals surface area (Å²) in [5, 5.41) is 9.73. The van der Waals surface area contributed by atoms with E-state index in [2.05, 4.69) is 32.9 Å². The molecular weight excluding hydrogens is 578 g/mol. The van der Waals surface area contributed by atoms with Crippen LogP contribution < -0.4 is 15.4 Å². The third kappa shape index (κ3) is 7.33. The molecule has 2 saturated heterocycles. The Morgan fingerprint density at radius 2 is 1.87 bits per heavy atom. The molecule has 0 unspecified atom stereocenters. The fourth-order valence-electron chi connectivity index (χ4n) is 5.87. The summed E-state index contributed by atoms with van der Waals surface area (Å²) in [4.78, 5) is 56.2. The number of aromatic nitrogens is 2. The standard InChI is InChI=1S/C33H37N5O7/c1-19-14-28(45-37-19)32(41)35-20(2)30(23-9-7-22(8-10-23)21-5-6-21)44-26-11-12-27(34-16-26)31(40)36-25-4-3-13-38(17-25)33(42)24-15-29(39)43-18-24/h7-12,14,16,20-21,24-25,30H,3-6,13,15,17-18H2,1-2H3,(H,35,41)(H,36,40)/t20-,24+,25-,30-/m0/s1. The van der Waals surface area contributed by atoms with E-state index in [1.54, 1.807) is 30.0 Å². The molecular formula is C33H37N5O7. The number of cyclic esters (lactones) is 1. The molecule has 3 fully saturated rings. The summed E-state index contributed by atoms with van der Waals surface area (Å²) >= 11 is 0. The minimum Gasteiger partial charge on any atom is -0.482 e. The normalized spacial score (nSPS) is 21.0. The lowest BCUT2D eigenvalue weighted by atomic mass is 10.00. The van der Waals surface area contributed by atoms with Gasteiger partial charge in [-0.25, -0.2) is 4.98 Å². The number of likely N-dealkylation sites (tertiary alicyclic amines) is 1. The minimum atomic E-state index is -0.556. The molecule has 2 N–H and O–H groups in total. The lowest BCUT2D eigenvalue weighted by molar-refractivity contribution is -0.138. The topological polar surface area (TPSA) is 153 Å². The van der Waals surface area contributed by atoms with Gasteiger partial charge in [-0.05, 0) is 68.7 Å². The number of nitrogens with one attached hydrogen (secondary N) is 2. The van der Waals surface area contributed by atoms with Crippen LogP contribution in [0, 0.1) is 12.8 Å². The number of ether oxygens (including phenoxy) is 2. The molecule has 0 spiro atoms. The average Bonchev–Trinajstić information content (AvgIpc) is 3.66. The highest BCUT2D eigenvalue weighted by molar-refractivity contribution is 5.93. The number of piperidine rings is 1. The van der Waals surface area contributed by atoms with Gasteiger partial charge in [-0.15, -0.1) is 0 Å². The summed E-state index contributed by atoms with van der Waals surface area (Å²) in [5.41, 5.74) is 3.00. The Bertz CT molecular complexity index is 1550. The maximum absolute atomic E-state index is 13.1. The Kier molecular flexibility index (Phi) is 8.81. The van der Waals surface area contributed by atoms with Crippen LogP contribution in [0.3, 0.4) is 0 Å². The number of esters is 1. The molecule has 4 atom stereocenters. The molecule has 0 bridgehead atoms. The van der Waals surface area contributed by atoms with E-state index in [9.17, 15) is 19.2 Å². The molecule has 2 aliphatic heterocycles. The number of hydrogen-bond donors (Lipinski definition) is 2. The van der Waals surface area contributed by atoms with Gasteiger partial charge in [0, 0.05) is 25.2 Å². The molecule has 1 saturated carbocycles. The maximum atomic E-state index is 13.1. The molecule has 1 aromatic carbocycles. The Balaban J connectivity index is 1.10. The first kappa shape index (κ1) is 30.3. The predicted molar refractivity (Wildman–Crippen MR) is 160 cm³/mol. The van der Waals surface area contributed by atoms with Crippen LogP contribution in [0.2, 0.25) is 0 Å². The summed E-state index contributed by atoms with van der Waals surface area (Å²) in [6.07, 6.45) is 4.90. The fourth-order valence-corrected chi connectivity index (χ4v) is 5.87. The molecule has 2 aromatic heterocycles. The predicted octanol–water partition coefficient (Wildman–Crippen LogP) is 3.48. The van der Waals surface area contributed by atoms with Crippen molar-refractivity contribution in [3.63, 3.8) is 0 Å². The number of pyridine rings is 1. The van der Waals surface area contributed by atoms with Gasteiger partial charge in [0.05, 0.1) is 30.3 Å². The van der Waals surface area contributed by atoms with Gasteiger partial charge in [-0.1, -0.05) is 29.4 Å². The highest BCUT2D eigenvalue weighted by Crippen LogP contribution is 2.40. The van der Waals surface area contributed by atoms with E-state index < -0.39 is 24.0 Å². The summed E-state index contributed by atoms with van der Waals surface area (Å²) < 4.78 is 16.4. The van der Waals surface area contributed by atoms with Crippen LogP contribution >= 0.6 is 0 Å². The minimum absolute atomic E-state index is 0.101. The Morgan fingerprint density at radius 1 is 1.07 bits per heavy atom. The van der Waals surface area contributed by atoms with Gasteiger partial charge in [0.15, 0.2) is 0 Å². The third-order valence-corrected chi connectivity index (χ3v) is 8.49. The summed E-state index contributed by atoms with van der Waals surface area (Å²) in [7, 11) is 0. The smallest absolute Gasteiger partial charge is 0.306 e. The van der Waals surface area contributed by atoms with Crippen molar-refractivity contribution in [2.75, 3.05) is 19.7 Å². The van der Waals surface area contributed by atoms with E-state index in [1.165, 1.54) is 24.6 Å². The molecule has 45 heavy (non-hydrogen) atoms. The quantitative estimate of drug-likeness (QED) is 0.327. The average molecular weight is 616 g/mol. The first-order chi connectivity index (χ1) is 21.7. The van der Waals surface area contributed by atoms with Crippen LogP contribution in [0.15, 0.2) is 53.2 Å². The van der Waals surface area contributed by atoms with Crippen molar-refractivity contribution in [2.24, 2.45) is 5.92 Å². The van der Waals surface area contributed by atoms with E-state index in [4.69, 9.17) is 14.0 Å². The van der Waals surface area contributed by atoms with Crippen LogP contribution in [-0.2, 0) is 14.3 Å². The van der Waals surface area contributed by atoms with Crippen LogP contribution in [0.5, 0.6) is 5.75 Å². The zero-order valence-electron chi connectivity index (χ0n) is 25.4. The fraction of sp³-hybridized carbons (Fsp3) is 0.455. The van der Waals surface area contributed by atoms with Crippen LogP contribution in [-0.4, -0.2) is 70.5 Å². The number of amides is 3. The monoisotopic (exact) mass is 615 g/mol. The number of rotatable bonds is 10. The van der Waals surface area contributed by atoms with Gasteiger partial charge in [-0.2, -0.15) is 0 Å². The van der Waals surface area contributed by atoms with E-state index in [-0.39, 0.29) is 48.3 Å². The maximum Gasteiger partial charge on any atom is 0.306 e. The van der Waals surface area contributed by atoms with Crippen LogP contribution in [0.25, 0.3) is 0 Å². The van der Waals surface area contributed by atoms with E-state index in [0.29, 0.717) is 30.5 Å². The van der Waals surface area contributed by atoms with E-state index >= 15 is 0 Å². The first-order valence-corrected chi connectivity index (χ1v) is 15.5. The van der Waals surface area contributed by atoms with Gasteiger partial charge in [0.1, 0.15) is 24.2 Å². The second-order valence-corrected chi connectivity index (χ2v) is 12.1. The van der Waals surface area contributed by atoms with Gasteiger partial charge < -0.3 is 29.5 Å². The number of nitrogens with zero attached hydrogens (tertiary/aromatic N) is 3. The molecule has 3 aliphatic rings. The first-order valence-electron chi connectivity index (χ1n) is 15.5. The number of hydrogen-bond acceptors (Lipinski definition) is 9. The van der Waals surface area contributed by atoms with Crippen LogP contribution in [0.1, 0.15) is 88.9 Å². The van der Waals surface area contributed by atoms with Crippen molar-refractivity contribution < 1.29 is 33.2 Å². The van der Waals surface area contributed by atoms with Gasteiger partial charge >= 0.3 is 5.97 Å². The number of benzene rings is 1. The molecule has 0 radical (unpaired) electrons. The molecule has 3 amide bonds. The van der Waals surface area contributed by atoms with Gasteiger partial charge in [0.25, 0.3) is 11.8 Å². The highest BCUT2D eigenvalue weighted by atomic mass is 16.5. The lowest BCUT2D eigenvalue weighted by Gasteiger charge is -2.34.